The molecule has 7 heteroatoms. The molecule has 130 valence electrons. The minimum absolute atomic E-state index is 0. The molecule has 1 aliphatic rings. The first kappa shape index (κ1) is 18.3. The average Bonchev–Trinajstić information content (AvgIpc) is 3.04. The quantitative estimate of drug-likeness (QED) is 0.773. The Morgan fingerprint density at radius 3 is 2.79 bits per heavy atom. The third-order valence-corrected chi connectivity index (χ3v) is 4.25. The van der Waals surface area contributed by atoms with Crippen molar-refractivity contribution in [2.75, 3.05) is 13.7 Å². The number of aromatic nitrogens is 2. The van der Waals surface area contributed by atoms with E-state index in [2.05, 4.69) is 27.8 Å². The summed E-state index contributed by atoms with van der Waals surface area (Å²) in [5.74, 6) is 0.677. The van der Waals surface area contributed by atoms with Gasteiger partial charge in [-0.2, -0.15) is 5.10 Å². The van der Waals surface area contributed by atoms with Gasteiger partial charge in [-0.15, -0.1) is 12.4 Å². The molecule has 0 aliphatic carbocycles. The highest BCUT2D eigenvalue weighted by Crippen LogP contribution is 2.21. The first-order chi connectivity index (χ1) is 11.2. The van der Waals surface area contributed by atoms with Crippen molar-refractivity contribution in [3.05, 3.63) is 46.8 Å². The molecule has 0 fully saturated rings. The smallest absolute Gasteiger partial charge is 0.272 e. The fourth-order valence-electron chi connectivity index (χ4n) is 2.90. The molecule has 24 heavy (non-hydrogen) atoms. The Kier molecular flexibility index (Phi) is 6.23. The first-order valence-corrected chi connectivity index (χ1v) is 7.94. The van der Waals surface area contributed by atoms with Crippen LogP contribution in [0.15, 0.2) is 24.3 Å². The molecular formula is C17H23ClN4O2. The summed E-state index contributed by atoms with van der Waals surface area (Å²) in [6.45, 7) is 3.66. The Morgan fingerprint density at radius 1 is 1.38 bits per heavy atom. The van der Waals surface area contributed by atoms with Crippen LogP contribution < -0.4 is 15.4 Å². The molecule has 0 spiro atoms. The lowest BCUT2D eigenvalue weighted by atomic mass is 10.0. The molecule has 3 rings (SSSR count). The minimum Gasteiger partial charge on any atom is -0.497 e. The number of carbonyl (C=O) groups excluding carboxylic acids is 1. The van der Waals surface area contributed by atoms with Gasteiger partial charge in [0.1, 0.15) is 5.75 Å². The number of benzene rings is 1. The van der Waals surface area contributed by atoms with Crippen molar-refractivity contribution >= 4 is 18.3 Å². The molecule has 1 aliphatic heterocycles. The zero-order chi connectivity index (χ0) is 16.2. The first-order valence-electron chi connectivity index (χ1n) is 7.94. The number of nitrogens with zero attached hydrogens (tertiary/aromatic N) is 1. The van der Waals surface area contributed by atoms with Crippen molar-refractivity contribution in [1.29, 1.82) is 0 Å². The molecule has 2 heterocycles. The van der Waals surface area contributed by atoms with E-state index in [0.29, 0.717) is 12.2 Å². The average molecular weight is 351 g/mol. The summed E-state index contributed by atoms with van der Waals surface area (Å²) >= 11 is 0. The number of fused-ring (bicyclic) bond motifs is 1. The summed E-state index contributed by atoms with van der Waals surface area (Å²) in [6, 6.07) is 7.73. The van der Waals surface area contributed by atoms with E-state index >= 15 is 0 Å². The Hall–Kier alpha value is -2.05. The molecule has 0 saturated carbocycles. The number of hydrogen-bond donors (Lipinski definition) is 3. The predicted molar refractivity (Wildman–Crippen MR) is 94.7 cm³/mol. The van der Waals surface area contributed by atoms with E-state index < -0.39 is 0 Å². The second-order valence-electron chi connectivity index (χ2n) is 5.66. The van der Waals surface area contributed by atoms with Crippen LogP contribution in [0.2, 0.25) is 0 Å². The van der Waals surface area contributed by atoms with Gasteiger partial charge in [0.05, 0.1) is 13.2 Å². The third-order valence-electron chi connectivity index (χ3n) is 4.25. The molecule has 6 nitrogen and oxygen atoms in total. The predicted octanol–water partition coefficient (Wildman–Crippen LogP) is 2.37. The largest absolute Gasteiger partial charge is 0.497 e. The van der Waals surface area contributed by atoms with E-state index in [4.69, 9.17) is 4.74 Å². The van der Waals surface area contributed by atoms with Crippen molar-refractivity contribution in [3.8, 4) is 5.75 Å². The lowest BCUT2D eigenvalue weighted by molar-refractivity contribution is 0.0929. The van der Waals surface area contributed by atoms with Crippen LogP contribution in [0, 0.1) is 0 Å². The van der Waals surface area contributed by atoms with E-state index in [9.17, 15) is 4.79 Å². The van der Waals surface area contributed by atoms with Gasteiger partial charge in [0.15, 0.2) is 5.69 Å². The van der Waals surface area contributed by atoms with Crippen molar-refractivity contribution in [2.24, 2.45) is 0 Å². The number of H-pyrrole nitrogens is 1. The molecule has 0 radical (unpaired) electrons. The monoisotopic (exact) mass is 350 g/mol. The number of hydrogen-bond acceptors (Lipinski definition) is 4. The number of carbonyl (C=O) groups is 1. The summed E-state index contributed by atoms with van der Waals surface area (Å²) < 4.78 is 5.18. The van der Waals surface area contributed by atoms with Crippen LogP contribution in [0.3, 0.4) is 0 Å². The maximum Gasteiger partial charge on any atom is 0.272 e. The molecule has 3 N–H and O–H groups in total. The van der Waals surface area contributed by atoms with Gasteiger partial charge in [-0.1, -0.05) is 19.1 Å². The topological polar surface area (TPSA) is 79.0 Å². The van der Waals surface area contributed by atoms with Crippen LogP contribution in [0.4, 0.5) is 0 Å². The van der Waals surface area contributed by atoms with E-state index in [1.54, 1.807) is 7.11 Å². The second kappa shape index (κ2) is 8.17. The van der Waals surface area contributed by atoms with Crippen LogP contribution in [-0.2, 0) is 13.0 Å². The summed E-state index contributed by atoms with van der Waals surface area (Å²) in [5, 5.41) is 13.6. The number of rotatable bonds is 5. The van der Waals surface area contributed by atoms with Gasteiger partial charge in [0.2, 0.25) is 0 Å². The Morgan fingerprint density at radius 2 is 2.12 bits per heavy atom. The normalized spacial score (nSPS) is 14.2. The van der Waals surface area contributed by atoms with Crippen LogP contribution in [0.5, 0.6) is 5.75 Å². The van der Waals surface area contributed by atoms with E-state index in [1.165, 1.54) is 0 Å². The highest BCUT2D eigenvalue weighted by molar-refractivity contribution is 5.94. The SMILES string of the molecule is CCC(NC(=O)c1n[nH]c2c1CNCC2)c1ccc(OC)cc1.Cl. The Balaban J connectivity index is 0.00000208. The van der Waals surface area contributed by atoms with Gasteiger partial charge in [-0.25, -0.2) is 0 Å². The fourth-order valence-corrected chi connectivity index (χ4v) is 2.90. The minimum atomic E-state index is -0.131. The summed E-state index contributed by atoms with van der Waals surface area (Å²) in [4.78, 5) is 12.6. The zero-order valence-corrected chi connectivity index (χ0v) is 14.7. The number of nitrogens with one attached hydrogen (secondary N) is 3. The molecule has 0 saturated heterocycles. The molecule has 0 bridgehead atoms. The Labute approximate surface area is 147 Å². The number of methoxy groups -OCH3 is 1. The maximum absolute atomic E-state index is 12.6. The fraction of sp³-hybridized carbons (Fsp3) is 0.412. The lowest BCUT2D eigenvalue weighted by Gasteiger charge is -2.18. The Bertz CT molecular complexity index is 684. The highest BCUT2D eigenvalue weighted by Gasteiger charge is 2.23. The van der Waals surface area contributed by atoms with Crippen molar-refractivity contribution < 1.29 is 9.53 Å². The summed E-state index contributed by atoms with van der Waals surface area (Å²) in [7, 11) is 1.64. The van der Waals surface area contributed by atoms with E-state index in [-0.39, 0.29) is 24.4 Å². The van der Waals surface area contributed by atoms with Gasteiger partial charge >= 0.3 is 0 Å². The summed E-state index contributed by atoms with van der Waals surface area (Å²) in [5.41, 5.74) is 3.60. The van der Waals surface area contributed by atoms with Gasteiger partial charge in [0, 0.05) is 30.8 Å². The second-order valence-corrected chi connectivity index (χ2v) is 5.66. The zero-order valence-electron chi connectivity index (χ0n) is 13.9. The van der Waals surface area contributed by atoms with Crippen molar-refractivity contribution in [3.63, 3.8) is 0 Å². The van der Waals surface area contributed by atoms with Crippen LogP contribution in [-0.4, -0.2) is 29.8 Å². The van der Waals surface area contributed by atoms with Crippen LogP contribution in [0.25, 0.3) is 0 Å². The van der Waals surface area contributed by atoms with Gasteiger partial charge in [0.25, 0.3) is 5.91 Å². The molecule has 1 unspecified atom stereocenters. The lowest BCUT2D eigenvalue weighted by Crippen LogP contribution is -2.31. The standard InChI is InChI=1S/C17H22N4O2.ClH/c1-3-14(11-4-6-12(23-2)7-5-11)19-17(22)16-13-10-18-9-8-15(13)20-21-16;/h4-7,14,18H,3,8-10H2,1-2H3,(H,19,22)(H,20,21);1H. The van der Waals surface area contributed by atoms with E-state index in [1.807, 2.05) is 24.3 Å². The summed E-state index contributed by atoms with van der Waals surface area (Å²) in [6.07, 6.45) is 1.69. The maximum atomic E-state index is 12.6. The molecule has 1 aromatic heterocycles. The third kappa shape index (κ3) is 3.71. The molecule has 1 amide bonds. The number of ether oxygens (including phenoxy) is 1. The number of aromatic amines is 1. The molecule has 1 atom stereocenters. The van der Waals surface area contributed by atoms with Crippen molar-refractivity contribution in [2.45, 2.75) is 32.4 Å². The van der Waals surface area contributed by atoms with Gasteiger partial charge in [-0.3, -0.25) is 9.89 Å². The van der Waals surface area contributed by atoms with Crippen molar-refractivity contribution in [1.82, 2.24) is 20.8 Å². The van der Waals surface area contributed by atoms with Crippen LogP contribution in [0.1, 0.15) is 46.7 Å². The van der Waals surface area contributed by atoms with Gasteiger partial charge < -0.3 is 15.4 Å². The number of amides is 1. The number of halogens is 1. The molecule has 1 aromatic carbocycles. The van der Waals surface area contributed by atoms with E-state index in [0.717, 1.165) is 42.0 Å². The highest BCUT2D eigenvalue weighted by atomic mass is 35.5. The molecular weight excluding hydrogens is 328 g/mol. The van der Waals surface area contributed by atoms with Gasteiger partial charge in [-0.05, 0) is 24.1 Å². The molecule has 2 aromatic rings. The van der Waals surface area contributed by atoms with Crippen LogP contribution >= 0.6 is 12.4 Å².